The lowest BCUT2D eigenvalue weighted by Gasteiger charge is -2.14. The van der Waals surface area contributed by atoms with Crippen molar-refractivity contribution in [1.29, 1.82) is 0 Å². The molecule has 7 heteroatoms. The molecule has 0 fully saturated rings. The van der Waals surface area contributed by atoms with Crippen molar-refractivity contribution >= 4 is 33.5 Å². The molecule has 0 aliphatic heterocycles. The Kier molecular flexibility index (Phi) is 5.75. The molecule has 1 rings (SSSR count). The van der Waals surface area contributed by atoms with Crippen LogP contribution in [0, 0.1) is 0 Å². The van der Waals surface area contributed by atoms with Gasteiger partial charge in [-0.05, 0) is 17.7 Å². The molecule has 0 radical (unpaired) electrons. The summed E-state index contributed by atoms with van der Waals surface area (Å²) in [5.41, 5.74) is 6.62. The second-order valence-electron chi connectivity index (χ2n) is 3.43. The Morgan fingerprint density at radius 2 is 1.94 bits per heavy atom. The monoisotopic (exact) mass is 295 g/mol. The van der Waals surface area contributed by atoms with Crippen molar-refractivity contribution in [2.45, 2.75) is 5.25 Å². The maximum Gasteiger partial charge on any atom is 0.265 e. The van der Waals surface area contributed by atoms with Crippen LogP contribution in [0.3, 0.4) is 0 Å². The van der Waals surface area contributed by atoms with Gasteiger partial charge in [0, 0.05) is 22.6 Å². The van der Waals surface area contributed by atoms with Gasteiger partial charge in [0.25, 0.3) is 10.1 Å². The largest absolute Gasteiger partial charge is 0.329 e. The predicted molar refractivity (Wildman–Crippen MR) is 72.1 cm³/mol. The summed E-state index contributed by atoms with van der Waals surface area (Å²) >= 11 is 7.17. The normalized spacial score (nSPS) is 13.6. The second-order valence-corrected chi connectivity index (χ2v) is 6.75. The highest BCUT2D eigenvalue weighted by Crippen LogP contribution is 2.28. The third kappa shape index (κ3) is 5.74. The average molecular weight is 296 g/mol. The quantitative estimate of drug-likeness (QED) is 0.784. The van der Waals surface area contributed by atoms with E-state index in [1.165, 1.54) is 11.8 Å². The Morgan fingerprint density at radius 1 is 1.35 bits per heavy atom. The molecule has 0 aliphatic carbocycles. The molecule has 0 aliphatic rings. The van der Waals surface area contributed by atoms with Gasteiger partial charge < -0.3 is 5.73 Å². The van der Waals surface area contributed by atoms with Crippen LogP contribution in [0.5, 0.6) is 0 Å². The summed E-state index contributed by atoms with van der Waals surface area (Å²) in [6.45, 7) is 0.401. The van der Waals surface area contributed by atoms with E-state index in [1.807, 2.05) is 12.1 Å². The molecule has 0 heterocycles. The molecule has 0 aromatic heterocycles. The first-order valence-corrected chi connectivity index (χ1v) is 7.98. The first kappa shape index (κ1) is 14.8. The minimum Gasteiger partial charge on any atom is -0.329 e. The number of thioether (sulfide) groups is 1. The first-order valence-electron chi connectivity index (χ1n) is 4.94. The van der Waals surface area contributed by atoms with E-state index in [0.29, 0.717) is 17.3 Å². The highest BCUT2D eigenvalue weighted by atomic mass is 35.5. The van der Waals surface area contributed by atoms with E-state index in [4.69, 9.17) is 21.9 Å². The molecule has 17 heavy (non-hydrogen) atoms. The van der Waals surface area contributed by atoms with E-state index in [0.717, 1.165) is 5.56 Å². The van der Waals surface area contributed by atoms with Crippen molar-refractivity contribution in [3.8, 4) is 0 Å². The van der Waals surface area contributed by atoms with Crippen LogP contribution in [0.25, 0.3) is 0 Å². The molecule has 0 saturated heterocycles. The standard InChI is InChI=1S/C10H14ClNO3S2/c11-9-3-1-8(2-4-9)10(7-12)16-5-6-17(13,14)15/h1-4,10H,5-7,12H2,(H,13,14,15). The van der Waals surface area contributed by atoms with Crippen LogP contribution >= 0.6 is 23.4 Å². The van der Waals surface area contributed by atoms with Gasteiger partial charge >= 0.3 is 0 Å². The van der Waals surface area contributed by atoms with E-state index in [2.05, 4.69) is 0 Å². The zero-order valence-corrected chi connectivity index (χ0v) is 11.4. The van der Waals surface area contributed by atoms with Gasteiger partial charge in [0.15, 0.2) is 0 Å². The molecule has 1 atom stereocenters. The molecule has 0 spiro atoms. The minimum absolute atomic E-state index is 0.00835. The fourth-order valence-electron chi connectivity index (χ4n) is 1.27. The highest BCUT2D eigenvalue weighted by Gasteiger charge is 2.12. The van der Waals surface area contributed by atoms with Crippen LogP contribution in [-0.4, -0.2) is 31.0 Å². The van der Waals surface area contributed by atoms with Gasteiger partial charge in [-0.1, -0.05) is 23.7 Å². The van der Waals surface area contributed by atoms with Gasteiger partial charge in [-0.2, -0.15) is 20.2 Å². The number of hydrogen-bond donors (Lipinski definition) is 2. The van der Waals surface area contributed by atoms with Crippen LogP contribution in [-0.2, 0) is 10.1 Å². The topological polar surface area (TPSA) is 80.4 Å². The van der Waals surface area contributed by atoms with Crippen LogP contribution in [0.2, 0.25) is 5.02 Å². The summed E-state index contributed by atoms with van der Waals surface area (Å²) in [6, 6.07) is 7.26. The van der Waals surface area contributed by atoms with Crippen LogP contribution in [0.1, 0.15) is 10.8 Å². The van der Waals surface area contributed by atoms with E-state index >= 15 is 0 Å². The maximum atomic E-state index is 10.6. The zero-order valence-electron chi connectivity index (χ0n) is 9.04. The van der Waals surface area contributed by atoms with E-state index < -0.39 is 10.1 Å². The van der Waals surface area contributed by atoms with Crippen molar-refractivity contribution in [3.63, 3.8) is 0 Å². The molecule has 0 amide bonds. The van der Waals surface area contributed by atoms with E-state index in [9.17, 15) is 8.42 Å². The molecular formula is C10H14ClNO3S2. The lowest BCUT2D eigenvalue weighted by atomic mass is 10.1. The minimum atomic E-state index is -3.90. The summed E-state index contributed by atoms with van der Waals surface area (Å²) < 4.78 is 29.8. The predicted octanol–water partition coefficient (Wildman–Crippen LogP) is 1.96. The average Bonchev–Trinajstić information content (AvgIpc) is 2.24. The van der Waals surface area contributed by atoms with Gasteiger partial charge in [-0.3, -0.25) is 4.55 Å². The third-order valence-electron chi connectivity index (χ3n) is 2.12. The van der Waals surface area contributed by atoms with E-state index in [1.54, 1.807) is 12.1 Å². The smallest absolute Gasteiger partial charge is 0.265 e. The Labute approximate surface area is 110 Å². The van der Waals surface area contributed by atoms with Gasteiger partial charge in [0.1, 0.15) is 0 Å². The summed E-state index contributed by atoms with van der Waals surface area (Å²) in [5, 5.41) is 0.654. The molecule has 1 aromatic rings. The van der Waals surface area contributed by atoms with Crippen molar-refractivity contribution < 1.29 is 13.0 Å². The number of halogens is 1. The Balaban J connectivity index is 2.57. The summed E-state index contributed by atoms with van der Waals surface area (Å²) in [4.78, 5) is 0. The maximum absolute atomic E-state index is 10.6. The fourth-order valence-corrected chi connectivity index (χ4v) is 3.40. The van der Waals surface area contributed by atoms with Gasteiger partial charge in [0.05, 0.1) is 5.75 Å². The van der Waals surface area contributed by atoms with Crippen molar-refractivity contribution in [3.05, 3.63) is 34.9 Å². The Morgan fingerprint density at radius 3 is 2.41 bits per heavy atom. The molecule has 96 valence electrons. The SMILES string of the molecule is NCC(SCCS(=O)(=O)O)c1ccc(Cl)cc1. The number of rotatable bonds is 6. The molecule has 0 saturated carbocycles. The Hall–Kier alpha value is -0.270. The zero-order chi connectivity index (χ0) is 12.9. The third-order valence-corrected chi connectivity index (χ3v) is 4.65. The Bertz CT molecular complexity index is 447. The van der Waals surface area contributed by atoms with Crippen molar-refractivity contribution in [2.24, 2.45) is 5.73 Å². The molecular weight excluding hydrogens is 282 g/mol. The number of hydrogen-bond acceptors (Lipinski definition) is 4. The number of benzene rings is 1. The second kappa shape index (κ2) is 6.61. The van der Waals surface area contributed by atoms with Crippen LogP contribution < -0.4 is 5.73 Å². The first-order chi connectivity index (χ1) is 7.92. The van der Waals surface area contributed by atoms with Gasteiger partial charge in [-0.15, -0.1) is 0 Å². The number of nitrogens with two attached hydrogens (primary N) is 1. The van der Waals surface area contributed by atoms with Crippen molar-refractivity contribution in [2.75, 3.05) is 18.1 Å². The summed E-state index contributed by atoms with van der Waals surface area (Å²) in [6.07, 6.45) is 0. The molecule has 4 nitrogen and oxygen atoms in total. The van der Waals surface area contributed by atoms with Gasteiger partial charge in [-0.25, -0.2) is 0 Å². The lowest BCUT2D eigenvalue weighted by molar-refractivity contribution is 0.485. The van der Waals surface area contributed by atoms with Crippen molar-refractivity contribution in [1.82, 2.24) is 0 Å². The molecule has 3 N–H and O–H groups in total. The fraction of sp³-hybridized carbons (Fsp3) is 0.400. The van der Waals surface area contributed by atoms with Gasteiger partial charge in [0.2, 0.25) is 0 Å². The van der Waals surface area contributed by atoms with E-state index in [-0.39, 0.29) is 11.0 Å². The van der Waals surface area contributed by atoms with Crippen LogP contribution in [0.15, 0.2) is 24.3 Å². The highest BCUT2D eigenvalue weighted by molar-refractivity contribution is 8.00. The molecule has 0 bridgehead atoms. The summed E-state index contributed by atoms with van der Waals surface area (Å²) in [7, 11) is -3.90. The summed E-state index contributed by atoms with van der Waals surface area (Å²) in [5.74, 6) is 0.0467. The molecule has 1 unspecified atom stereocenters. The lowest BCUT2D eigenvalue weighted by Crippen LogP contribution is -2.12. The molecule has 1 aromatic carbocycles. The van der Waals surface area contributed by atoms with Crippen LogP contribution in [0.4, 0.5) is 0 Å².